The van der Waals surface area contributed by atoms with Crippen LogP contribution in [0.25, 0.3) is 0 Å². The molecule has 1 aromatic carbocycles. The number of carboxylic acid groups (broad SMARTS) is 1. The Bertz CT molecular complexity index is 508. The highest BCUT2D eigenvalue weighted by atomic mass is 16.4. The first-order valence-corrected chi connectivity index (χ1v) is 7.16. The number of para-hydroxylation sites is 1. The molecule has 20 heavy (non-hydrogen) atoms. The number of aliphatic carboxylic acids is 1. The van der Waals surface area contributed by atoms with Gasteiger partial charge in [0, 0.05) is 18.2 Å². The summed E-state index contributed by atoms with van der Waals surface area (Å²) in [7, 11) is 0. The molecule has 1 unspecified atom stereocenters. The highest BCUT2D eigenvalue weighted by molar-refractivity contribution is 5.97. The van der Waals surface area contributed by atoms with Gasteiger partial charge in [0.1, 0.15) is 0 Å². The van der Waals surface area contributed by atoms with Crippen LogP contribution in [0.15, 0.2) is 24.3 Å². The maximum atomic E-state index is 12.5. The standard InChI is InChI=1S/C16H21NO3/c1-3-12-6-4-5-7-14(12)17(10-11(2)16(19)20)15(18)13-8-9-13/h4-7,11,13H,3,8-10H2,1-2H3,(H,19,20). The molecular formula is C16H21NO3. The van der Waals surface area contributed by atoms with Gasteiger partial charge in [-0.1, -0.05) is 32.0 Å². The molecule has 4 heteroatoms. The molecule has 2 rings (SSSR count). The van der Waals surface area contributed by atoms with Gasteiger partial charge in [0.25, 0.3) is 0 Å². The van der Waals surface area contributed by atoms with Crippen molar-refractivity contribution in [1.29, 1.82) is 0 Å². The first-order chi connectivity index (χ1) is 9.54. The first-order valence-electron chi connectivity index (χ1n) is 7.16. The third-order valence-corrected chi connectivity index (χ3v) is 3.73. The molecule has 0 saturated heterocycles. The topological polar surface area (TPSA) is 57.6 Å². The van der Waals surface area contributed by atoms with Gasteiger partial charge in [0.05, 0.1) is 5.92 Å². The van der Waals surface area contributed by atoms with Crippen LogP contribution >= 0.6 is 0 Å². The molecule has 1 aromatic rings. The lowest BCUT2D eigenvalue weighted by atomic mass is 10.1. The number of carbonyl (C=O) groups is 2. The van der Waals surface area contributed by atoms with Gasteiger partial charge in [-0.3, -0.25) is 9.59 Å². The van der Waals surface area contributed by atoms with Crippen molar-refractivity contribution in [2.45, 2.75) is 33.1 Å². The molecule has 4 nitrogen and oxygen atoms in total. The van der Waals surface area contributed by atoms with Crippen molar-refractivity contribution in [3.05, 3.63) is 29.8 Å². The number of aryl methyl sites for hydroxylation is 1. The number of carboxylic acids is 1. The van der Waals surface area contributed by atoms with Gasteiger partial charge in [0.2, 0.25) is 5.91 Å². The molecule has 0 radical (unpaired) electrons. The van der Waals surface area contributed by atoms with Crippen molar-refractivity contribution in [2.24, 2.45) is 11.8 Å². The second-order valence-corrected chi connectivity index (χ2v) is 5.44. The SMILES string of the molecule is CCc1ccccc1N(CC(C)C(=O)O)C(=O)C1CC1. The van der Waals surface area contributed by atoms with Crippen LogP contribution in [0.5, 0.6) is 0 Å². The summed E-state index contributed by atoms with van der Waals surface area (Å²) in [5.41, 5.74) is 1.94. The summed E-state index contributed by atoms with van der Waals surface area (Å²) in [4.78, 5) is 25.2. The van der Waals surface area contributed by atoms with Crippen molar-refractivity contribution in [1.82, 2.24) is 0 Å². The van der Waals surface area contributed by atoms with E-state index in [9.17, 15) is 9.59 Å². The van der Waals surface area contributed by atoms with Crippen LogP contribution in [0.2, 0.25) is 0 Å². The average molecular weight is 275 g/mol. The highest BCUT2D eigenvalue weighted by Gasteiger charge is 2.35. The fourth-order valence-corrected chi connectivity index (χ4v) is 2.28. The normalized spacial score (nSPS) is 15.7. The Labute approximate surface area is 119 Å². The van der Waals surface area contributed by atoms with E-state index in [0.29, 0.717) is 0 Å². The molecule has 0 heterocycles. The maximum absolute atomic E-state index is 12.5. The smallest absolute Gasteiger partial charge is 0.308 e. The predicted molar refractivity (Wildman–Crippen MR) is 77.7 cm³/mol. The molecule has 108 valence electrons. The highest BCUT2D eigenvalue weighted by Crippen LogP contribution is 2.34. The lowest BCUT2D eigenvalue weighted by Gasteiger charge is -2.27. The minimum absolute atomic E-state index is 0.0685. The van der Waals surface area contributed by atoms with Gasteiger partial charge >= 0.3 is 5.97 Å². The van der Waals surface area contributed by atoms with Crippen LogP contribution < -0.4 is 4.90 Å². The van der Waals surface area contributed by atoms with Gasteiger partial charge in [-0.2, -0.15) is 0 Å². The van der Waals surface area contributed by atoms with E-state index < -0.39 is 11.9 Å². The van der Waals surface area contributed by atoms with Gasteiger partial charge in [0.15, 0.2) is 0 Å². The number of hydrogen-bond donors (Lipinski definition) is 1. The summed E-state index contributed by atoms with van der Waals surface area (Å²) in [6.07, 6.45) is 2.67. The van der Waals surface area contributed by atoms with E-state index in [-0.39, 0.29) is 18.4 Å². The predicted octanol–water partition coefficient (Wildman–Crippen LogP) is 2.71. The van der Waals surface area contributed by atoms with Crippen LogP contribution in [0, 0.1) is 11.8 Å². The Balaban J connectivity index is 2.29. The zero-order valence-corrected chi connectivity index (χ0v) is 12.0. The molecule has 0 bridgehead atoms. The molecule has 1 aliphatic rings. The van der Waals surface area contributed by atoms with E-state index in [1.807, 2.05) is 31.2 Å². The van der Waals surface area contributed by atoms with Crippen LogP contribution in [-0.2, 0) is 16.0 Å². The number of anilines is 1. The first kappa shape index (κ1) is 14.6. The Morgan fingerprint density at radius 2 is 2.00 bits per heavy atom. The number of nitrogens with zero attached hydrogens (tertiary/aromatic N) is 1. The van der Waals surface area contributed by atoms with Crippen LogP contribution in [-0.4, -0.2) is 23.5 Å². The van der Waals surface area contributed by atoms with Crippen LogP contribution in [0.1, 0.15) is 32.3 Å². The minimum atomic E-state index is -0.868. The summed E-state index contributed by atoms with van der Waals surface area (Å²) in [6, 6.07) is 7.75. The maximum Gasteiger partial charge on any atom is 0.308 e. The van der Waals surface area contributed by atoms with Gasteiger partial charge in [-0.05, 0) is 30.9 Å². The largest absolute Gasteiger partial charge is 0.481 e. The second-order valence-electron chi connectivity index (χ2n) is 5.44. The summed E-state index contributed by atoms with van der Waals surface area (Å²) in [5.74, 6) is -1.28. The van der Waals surface area contributed by atoms with Crippen molar-refractivity contribution in [3.8, 4) is 0 Å². The summed E-state index contributed by atoms with van der Waals surface area (Å²) in [6.45, 7) is 3.92. The van der Waals surface area contributed by atoms with Crippen molar-refractivity contribution in [2.75, 3.05) is 11.4 Å². The summed E-state index contributed by atoms with van der Waals surface area (Å²) in [5, 5.41) is 9.10. The molecule has 1 amide bonds. The molecule has 1 aliphatic carbocycles. The number of rotatable bonds is 6. The third kappa shape index (κ3) is 3.18. The number of carbonyl (C=O) groups excluding carboxylic acids is 1. The van der Waals surface area contributed by atoms with Crippen molar-refractivity contribution < 1.29 is 14.7 Å². The average Bonchev–Trinajstić information content (AvgIpc) is 3.28. The van der Waals surface area contributed by atoms with E-state index in [1.54, 1.807) is 11.8 Å². The van der Waals surface area contributed by atoms with E-state index >= 15 is 0 Å². The van der Waals surface area contributed by atoms with E-state index in [0.717, 1.165) is 30.5 Å². The summed E-state index contributed by atoms with van der Waals surface area (Å²) >= 11 is 0. The molecule has 0 aliphatic heterocycles. The van der Waals surface area contributed by atoms with Crippen molar-refractivity contribution in [3.63, 3.8) is 0 Å². The minimum Gasteiger partial charge on any atom is -0.481 e. The lowest BCUT2D eigenvalue weighted by molar-refractivity contribution is -0.140. The van der Waals surface area contributed by atoms with E-state index in [4.69, 9.17) is 5.11 Å². The summed E-state index contributed by atoms with van der Waals surface area (Å²) < 4.78 is 0. The fourth-order valence-electron chi connectivity index (χ4n) is 2.28. The Morgan fingerprint density at radius 1 is 1.35 bits per heavy atom. The zero-order chi connectivity index (χ0) is 14.7. The van der Waals surface area contributed by atoms with Gasteiger partial charge in [-0.15, -0.1) is 0 Å². The molecule has 1 atom stereocenters. The Kier molecular flexibility index (Phi) is 4.42. The molecular weight excluding hydrogens is 254 g/mol. The Morgan fingerprint density at radius 3 is 2.55 bits per heavy atom. The molecule has 1 fully saturated rings. The number of hydrogen-bond acceptors (Lipinski definition) is 2. The fraction of sp³-hybridized carbons (Fsp3) is 0.500. The third-order valence-electron chi connectivity index (χ3n) is 3.73. The van der Waals surface area contributed by atoms with E-state index in [2.05, 4.69) is 0 Å². The van der Waals surface area contributed by atoms with E-state index in [1.165, 1.54) is 0 Å². The second kappa shape index (κ2) is 6.07. The molecule has 1 saturated carbocycles. The van der Waals surface area contributed by atoms with Crippen LogP contribution in [0.4, 0.5) is 5.69 Å². The van der Waals surface area contributed by atoms with Gasteiger partial charge in [-0.25, -0.2) is 0 Å². The number of benzene rings is 1. The molecule has 1 N–H and O–H groups in total. The number of amides is 1. The van der Waals surface area contributed by atoms with Gasteiger partial charge < -0.3 is 10.0 Å². The van der Waals surface area contributed by atoms with Crippen LogP contribution in [0.3, 0.4) is 0 Å². The van der Waals surface area contributed by atoms with Crippen molar-refractivity contribution >= 4 is 17.6 Å². The quantitative estimate of drug-likeness (QED) is 0.868. The zero-order valence-electron chi connectivity index (χ0n) is 12.0. The lowest BCUT2D eigenvalue weighted by Crippen LogP contribution is -2.38. The molecule has 0 spiro atoms. The Hall–Kier alpha value is -1.84. The molecule has 0 aromatic heterocycles. The monoisotopic (exact) mass is 275 g/mol.